The van der Waals surface area contributed by atoms with Crippen LogP contribution < -0.4 is 24.8 Å². The lowest BCUT2D eigenvalue weighted by Gasteiger charge is -2.16. The first-order chi connectivity index (χ1) is 13.6. The number of nitrogens with one attached hydrogen (secondary N) is 2. The van der Waals surface area contributed by atoms with Gasteiger partial charge in [0.1, 0.15) is 5.15 Å². The third-order valence-corrected chi connectivity index (χ3v) is 4.21. The van der Waals surface area contributed by atoms with Crippen LogP contribution in [0.3, 0.4) is 0 Å². The quantitative estimate of drug-likeness (QED) is 0.378. The molecule has 8 heteroatoms. The Labute approximate surface area is 171 Å². The Morgan fingerprint density at radius 3 is 2.36 bits per heavy atom. The largest absolute Gasteiger partial charge is 0.493 e. The Kier molecular flexibility index (Phi) is 8.68. The zero-order chi connectivity index (χ0) is 20.4. The van der Waals surface area contributed by atoms with Crippen LogP contribution in [0.4, 0.5) is 0 Å². The first kappa shape index (κ1) is 21.6. The van der Waals surface area contributed by atoms with Gasteiger partial charge in [-0.2, -0.15) is 0 Å². The maximum atomic E-state index is 5.81. The zero-order valence-corrected chi connectivity index (χ0v) is 17.5. The number of pyridine rings is 1. The maximum absolute atomic E-state index is 5.81. The summed E-state index contributed by atoms with van der Waals surface area (Å²) in [5.74, 6) is 2.58. The van der Waals surface area contributed by atoms with E-state index in [0.717, 1.165) is 24.1 Å². The summed E-state index contributed by atoms with van der Waals surface area (Å²) in [4.78, 5) is 8.33. The van der Waals surface area contributed by atoms with Crippen LogP contribution in [-0.2, 0) is 13.0 Å². The van der Waals surface area contributed by atoms with Gasteiger partial charge in [0.25, 0.3) is 0 Å². The fourth-order valence-corrected chi connectivity index (χ4v) is 2.72. The van der Waals surface area contributed by atoms with E-state index in [-0.39, 0.29) is 0 Å². The van der Waals surface area contributed by atoms with E-state index in [2.05, 4.69) is 20.6 Å². The van der Waals surface area contributed by atoms with Crippen LogP contribution in [0.25, 0.3) is 0 Å². The van der Waals surface area contributed by atoms with Crippen molar-refractivity contribution in [1.29, 1.82) is 0 Å². The normalized spacial score (nSPS) is 11.1. The Morgan fingerprint density at radius 1 is 1.11 bits per heavy atom. The molecule has 152 valence electrons. The van der Waals surface area contributed by atoms with Crippen molar-refractivity contribution in [1.82, 2.24) is 15.6 Å². The standard InChI is InChI=1S/C20H27ClN4O3/c1-5-28-19-16(26-3)10-15(11-17(19)27-4)13-25-20(22-2)23-9-8-14-6-7-18(21)24-12-14/h6-7,10-12H,5,8-9,13H2,1-4H3,(H2,22,23,25). The average molecular weight is 407 g/mol. The molecule has 0 aliphatic rings. The molecule has 0 amide bonds. The maximum Gasteiger partial charge on any atom is 0.203 e. The molecule has 0 saturated heterocycles. The minimum Gasteiger partial charge on any atom is -0.493 e. The Bertz CT molecular complexity index is 757. The van der Waals surface area contributed by atoms with Crippen LogP contribution in [0.15, 0.2) is 35.5 Å². The number of guanidine groups is 1. The molecule has 0 spiro atoms. The van der Waals surface area contributed by atoms with E-state index in [1.165, 1.54) is 0 Å². The molecule has 7 nitrogen and oxygen atoms in total. The molecule has 1 aromatic heterocycles. The number of rotatable bonds is 9. The van der Waals surface area contributed by atoms with E-state index >= 15 is 0 Å². The SMILES string of the molecule is CCOc1c(OC)cc(CNC(=NC)NCCc2ccc(Cl)nc2)cc1OC. The van der Waals surface area contributed by atoms with Gasteiger partial charge in [-0.3, -0.25) is 4.99 Å². The minimum absolute atomic E-state index is 0.496. The smallest absolute Gasteiger partial charge is 0.203 e. The first-order valence-corrected chi connectivity index (χ1v) is 9.41. The van der Waals surface area contributed by atoms with Gasteiger partial charge in [-0.15, -0.1) is 0 Å². The molecule has 2 aromatic rings. The predicted molar refractivity (Wildman–Crippen MR) is 112 cm³/mol. The molecule has 0 atom stereocenters. The lowest BCUT2D eigenvalue weighted by molar-refractivity contribution is 0.288. The molecular formula is C20H27ClN4O3. The van der Waals surface area contributed by atoms with Crippen LogP contribution in [0.2, 0.25) is 5.15 Å². The van der Waals surface area contributed by atoms with Crippen LogP contribution in [0.5, 0.6) is 17.2 Å². The number of halogens is 1. The van der Waals surface area contributed by atoms with Crippen molar-refractivity contribution < 1.29 is 14.2 Å². The minimum atomic E-state index is 0.496. The van der Waals surface area contributed by atoms with Gasteiger partial charge in [0.15, 0.2) is 17.5 Å². The van der Waals surface area contributed by atoms with E-state index in [1.807, 2.05) is 25.1 Å². The number of hydrogen-bond donors (Lipinski definition) is 2. The van der Waals surface area contributed by atoms with Crippen LogP contribution >= 0.6 is 11.6 Å². The van der Waals surface area contributed by atoms with Crippen molar-refractivity contribution >= 4 is 17.6 Å². The Balaban J connectivity index is 1.94. The van der Waals surface area contributed by atoms with Crippen molar-refractivity contribution in [2.45, 2.75) is 19.9 Å². The molecule has 0 unspecified atom stereocenters. The summed E-state index contributed by atoms with van der Waals surface area (Å²) in [5.41, 5.74) is 2.09. The summed E-state index contributed by atoms with van der Waals surface area (Å²) in [6.07, 6.45) is 2.59. The Hall–Kier alpha value is -2.67. The van der Waals surface area contributed by atoms with E-state index in [4.69, 9.17) is 25.8 Å². The first-order valence-electron chi connectivity index (χ1n) is 9.03. The molecule has 2 N–H and O–H groups in total. The molecule has 0 aliphatic heterocycles. The summed E-state index contributed by atoms with van der Waals surface area (Å²) in [5, 5.41) is 7.06. The molecule has 0 saturated carbocycles. The summed E-state index contributed by atoms with van der Waals surface area (Å²) >= 11 is 5.81. The van der Waals surface area contributed by atoms with E-state index < -0.39 is 0 Å². The van der Waals surface area contributed by atoms with Gasteiger partial charge in [0.2, 0.25) is 5.75 Å². The average Bonchev–Trinajstić information content (AvgIpc) is 2.72. The van der Waals surface area contributed by atoms with Crippen molar-refractivity contribution in [2.24, 2.45) is 4.99 Å². The highest BCUT2D eigenvalue weighted by molar-refractivity contribution is 6.29. The molecule has 28 heavy (non-hydrogen) atoms. The second-order valence-corrected chi connectivity index (χ2v) is 6.24. The van der Waals surface area contributed by atoms with Crippen LogP contribution in [0, 0.1) is 0 Å². The monoisotopic (exact) mass is 406 g/mol. The molecule has 0 bridgehead atoms. The zero-order valence-electron chi connectivity index (χ0n) is 16.7. The van der Waals surface area contributed by atoms with E-state index in [0.29, 0.717) is 41.5 Å². The molecule has 0 fully saturated rings. The van der Waals surface area contributed by atoms with E-state index in [9.17, 15) is 0 Å². The van der Waals surface area contributed by atoms with E-state index in [1.54, 1.807) is 33.5 Å². The second-order valence-electron chi connectivity index (χ2n) is 5.85. The lowest BCUT2D eigenvalue weighted by atomic mass is 10.1. The molecule has 1 aromatic carbocycles. The summed E-state index contributed by atoms with van der Waals surface area (Å²) in [6, 6.07) is 7.60. The van der Waals surface area contributed by atoms with Gasteiger partial charge >= 0.3 is 0 Å². The van der Waals surface area contributed by atoms with Crippen LogP contribution in [-0.4, -0.2) is 45.4 Å². The number of nitrogens with zero attached hydrogens (tertiary/aromatic N) is 2. The van der Waals surface area contributed by atoms with Gasteiger partial charge in [-0.25, -0.2) is 4.98 Å². The van der Waals surface area contributed by atoms with Crippen molar-refractivity contribution in [3.05, 3.63) is 46.7 Å². The van der Waals surface area contributed by atoms with Crippen LogP contribution in [0.1, 0.15) is 18.1 Å². The number of aliphatic imine (C=N–C) groups is 1. The fraction of sp³-hybridized carbons (Fsp3) is 0.400. The highest BCUT2D eigenvalue weighted by atomic mass is 35.5. The number of ether oxygens (including phenoxy) is 3. The van der Waals surface area contributed by atoms with Gasteiger partial charge in [0, 0.05) is 26.3 Å². The van der Waals surface area contributed by atoms with Gasteiger partial charge in [0.05, 0.1) is 20.8 Å². The van der Waals surface area contributed by atoms with Gasteiger partial charge < -0.3 is 24.8 Å². The highest BCUT2D eigenvalue weighted by Gasteiger charge is 2.14. The summed E-state index contributed by atoms with van der Waals surface area (Å²) < 4.78 is 16.5. The van der Waals surface area contributed by atoms with Crippen molar-refractivity contribution in [3.8, 4) is 17.2 Å². The number of aromatic nitrogens is 1. The molecular weight excluding hydrogens is 380 g/mol. The second kappa shape index (κ2) is 11.2. The highest BCUT2D eigenvalue weighted by Crippen LogP contribution is 2.38. The number of benzene rings is 1. The predicted octanol–water partition coefficient (Wildman–Crippen LogP) is 3.06. The van der Waals surface area contributed by atoms with Crippen molar-refractivity contribution in [2.75, 3.05) is 34.4 Å². The Morgan fingerprint density at radius 2 is 1.82 bits per heavy atom. The molecule has 0 aliphatic carbocycles. The molecule has 0 radical (unpaired) electrons. The number of hydrogen-bond acceptors (Lipinski definition) is 5. The molecule has 1 heterocycles. The summed E-state index contributed by atoms with van der Waals surface area (Å²) in [7, 11) is 4.96. The van der Waals surface area contributed by atoms with Crippen molar-refractivity contribution in [3.63, 3.8) is 0 Å². The summed E-state index contributed by atoms with van der Waals surface area (Å²) in [6.45, 7) is 3.73. The topological polar surface area (TPSA) is 77.0 Å². The third-order valence-electron chi connectivity index (χ3n) is 3.99. The third kappa shape index (κ3) is 6.20. The van der Waals surface area contributed by atoms with Gasteiger partial charge in [-0.05, 0) is 42.7 Å². The number of methoxy groups -OCH3 is 2. The van der Waals surface area contributed by atoms with Gasteiger partial charge in [-0.1, -0.05) is 17.7 Å². The fourth-order valence-electron chi connectivity index (χ4n) is 2.61. The lowest BCUT2D eigenvalue weighted by Crippen LogP contribution is -2.37. The molecule has 2 rings (SSSR count).